The van der Waals surface area contributed by atoms with Crippen molar-refractivity contribution in [2.75, 3.05) is 0 Å². The Morgan fingerprint density at radius 1 is 1.26 bits per heavy atom. The minimum Gasteiger partial charge on any atom is -0.507 e. The van der Waals surface area contributed by atoms with Crippen molar-refractivity contribution in [1.29, 1.82) is 0 Å². The van der Waals surface area contributed by atoms with Crippen LogP contribution in [-0.2, 0) is 9.59 Å². The molecule has 1 amide bonds. The molecule has 1 atom stereocenters. The number of carboxylic acids is 2. The molecule has 0 fully saturated rings. The van der Waals surface area contributed by atoms with Crippen molar-refractivity contribution in [3.63, 3.8) is 0 Å². The minimum absolute atomic E-state index is 0.109. The maximum Gasteiger partial charge on any atom is 0.326 e. The Labute approximate surface area is 108 Å². The maximum atomic E-state index is 11.7. The Balaban J connectivity index is 2.87. The third kappa shape index (κ3) is 3.98. The number of amides is 1. The van der Waals surface area contributed by atoms with Gasteiger partial charge >= 0.3 is 11.9 Å². The largest absolute Gasteiger partial charge is 0.507 e. The van der Waals surface area contributed by atoms with Crippen molar-refractivity contribution >= 4 is 17.8 Å². The number of carbonyl (C=O) groups is 3. The van der Waals surface area contributed by atoms with E-state index in [2.05, 4.69) is 0 Å². The number of aliphatic carboxylic acids is 2. The number of benzene rings is 1. The fraction of sp³-hybridized carbons (Fsp3) is 0.250. The summed E-state index contributed by atoms with van der Waals surface area (Å²) in [5.41, 5.74) is 0.622. The van der Waals surface area contributed by atoms with Gasteiger partial charge in [-0.05, 0) is 24.6 Å². The summed E-state index contributed by atoms with van der Waals surface area (Å²) < 4.78 is 0. The molecule has 0 aliphatic carbocycles. The minimum atomic E-state index is -1.55. The van der Waals surface area contributed by atoms with Crippen molar-refractivity contribution < 1.29 is 29.7 Å². The Bertz CT molecular complexity index is 525. The first-order chi connectivity index (χ1) is 8.81. The summed E-state index contributed by atoms with van der Waals surface area (Å²) in [7, 11) is 0. The predicted octanol–water partition coefficient (Wildman–Crippen LogP) is 0.358. The Kier molecular flexibility index (Phi) is 4.46. The van der Waals surface area contributed by atoms with Crippen LogP contribution >= 0.6 is 0 Å². The number of hydrogen-bond donors (Lipinski definition) is 4. The first-order valence-corrected chi connectivity index (χ1v) is 5.36. The molecule has 1 aromatic rings. The number of aryl methyl sites for hydroxylation is 1. The number of hydrogen-bond acceptors (Lipinski definition) is 4. The molecule has 0 aromatic heterocycles. The van der Waals surface area contributed by atoms with Gasteiger partial charge in [0.1, 0.15) is 11.8 Å². The summed E-state index contributed by atoms with van der Waals surface area (Å²) in [6.45, 7) is 1.71. The number of rotatable bonds is 5. The van der Waals surface area contributed by atoms with Gasteiger partial charge in [0.25, 0.3) is 5.91 Å². The molecule has 0 bridgehead atoms. The second kappa shape index (κ2) is 5.85. The van der Waals surface area contributed by atoms with Crippen LogP contribution in [-0.4, -0.2) is 39.2 Å². The van der Waals surface area contributed by atoms with E-state index >= 15 is 0 Å². The number of carboxylic acid groups (broad SMARTS) is 2. The van der Waals surface area contributed by atoms with E-state index in [1.165, 1.54) is 12.1 Å². The summed E-state index contributed by atoms with van der Waals surface area (Å²) in [6, 6.07) is 2.70. The van der Waals surface area contributed by atoms with Crippen LogP contribution in [0.4, 0.5) is 0 Å². The van der Waals surface area contributed by atoms with Gasteiger partial charge in [0.2, 0.25) is 0 Å². The van der Waals surface area contributed by atoms with E-state index in [-0.39, 0.29) is 11.3 Å². The van der Waals surface area contributed by atoms with E-state index in [0.717, 1.165) is 5.56 Å². The zero-order valence-corrected chi connectivity index (χ0v) is 10.1. The van der Waals surface area contributed by atoms with Crippen LogP contribution in [0.5, 0.6) is 5.75 Å². The molecule has 1 rings (SSSR count). The maximum absolute atomic E-state index is 11.7. The fourth-order valence-corrected chi connectivity index (χ4v) is 1.44. The van der Waals surface area contributed by atoms with E-state index in [4.69, 9.17) is 10.2 Å². The molecule has 1 unspecified atom stereocenters. The van der Waals surface area contributed by atoms with Gasteiger partial charge in [-0.1, -0.05) is 6.07 Å². The van der Waals surface area contributed by atoms with Gasteiger partial charge in [0, 0.05) is 0 Å². The van der Waals surface area contributed by atoms with Crippen molar-refractivity contribution in [3.05, 3.63) is 29.3 Å². The smallest absolute Gasteiger partial charge is 0.326 e. The lowest BCUT2D eigenvalue weighted by Crippen LogP contribution is -2.42. The summed E-state index contributed by atoms with van der Waals surface area (Å²) in [5, 5.41) is 28.9. The highest BCUT2D eigenvalue weighted by Gasteiger charge is 2.24. The molecule has 0 aliphatic rings. The van der Waals surface area contributed by atoms with Crippen LogP contribution in [0.15, 0.2) is 18.2 Å². The monoisotopic (exact) mass is 267 g/mol. The average molecular weight is 267 g/mol. The lowest BCUT2D eigenvalue weighted by atomic mass is 10.1. The second-order valence-corrected chi connectivity index (χ2v) is 3.98. The number of phenols is 1. The van der Waals surface area contributed by atoms with Crippen molar-refractivity contribution in [2.24, 2.45) is 0 Å². The van der Waals surface area contributed by atoms with E-state index in [1.807, 2.05) is 5.32 Å². The summed E-state index contributed by atoms with van der Waals surface area (Å²) in [6.07, 6.45) is -0.742. The zero-order valence-electron chi connectivity index (χ0n) is 10.1. The normalized spacial score (nSPS) is 11.6. The van der Waals surface area contributed by atoms with Crippen molar-refractivity contribution in [1.82, 2.24) is 5.32 Å². The lowest BCUT2D eigenvalue weighted by molar-refractivity contribution is -0.145. The van der Waals surface area contributed by atoms with Gasteiger partial charge in [-0.2, -0.15) is 0 Å². The van der Waals surface area contributed by atoms with Gasteiger partial charge in [0.15, 0.2) is 0 Å². The highest BCUT2D eigenvalue weighted by molar-refractivity contribution is 5.99. The SMILES string of the molecule is Cc1ccc(C(=O)NC(CC(=O)O)C(=O)O)c(O)c1. The number of aromatic hydroxyl groups is 1. The molecular weight excluding hydrogens is 254 g/mol. The molecule has 0 radical (unpaired) electrons. The van der Waals surface area contributed by atoms with Crippen LogP contribution < -0.4 is 5.32 Å². The van der Waals surface area contributed by atoms with E-state index in [0.29, 0.717) is 0 Å². The predicted molar refractivity (Wildman–Crippen MR) is 64.0 cm³/mol. The van der Waals surface area contributed by atoms with Crippen LogP contribution in [0.25, 0.3) is 0 Å². The zero-order chi connectivity index (χ0) is 14.6. The molecule has 7 nitrogen and oxygen atoms in total. The molecule has 4 N–H and O–H groups in total. The first kappa shape index (κ1) is 14.5. The number of carbonyl (C=O) groups excluding carboxylic acids is 1. The van der Waals surface area contributed by atoms with Crippen molar-refractivity contribution in [3.8, 4) is 5.75 Å². The molecule has 0 aliphatic heterocycles. The van der Waals surface area contributed by atoms with Crippen LogP contribution in [0.3, 0.4) is 0 Å². The van der Waals surface area contributed by atoms with E-state index in [9.17, 15) is 19.5 Å². The Morgan fingerprint density at radius 2 is 1.89 bits per heavy atom. The van der Waals surface area contributed by atoms with Crippen LogP contribution in [0.2, 0.25) is 0 Å². The highest BCUT2D eigenvalue weighted by Crippen LogP contribution is 2.18. The lowest BCUT2D eigenvalue weighted by Gasteiger charge is -2.13. The van der Waals surface area contributed by atoms with Crippen LogP contribution in [0, 0.1) is 6.92 Å². The van der Waals surface area contributed by atoms with E-state index in [1.54, 1.807) is 13.0 Å². The first-order valence-electron chi connectivity index (χ1n) is 5.36. The molecule has 0 heterocycles. The third-order valence-electron chi connectivity index (χ3n) is 2.38. The summed E-state index contributed by atoms with van der Waals surface area (Å²) in [5.74, 6) is -3.94. The highest BCUT2D eigenvalue weighted by atomic mass is 16.4. The molecule has 0 spiro atoms. The summed E-state index contributed by atoms with van der Waals surface area (Å²) >= 11 is 0. The fourth-order valence-electron chi connectivity index (χ4n) is 1.44. The third-order valence-corrected chi connectivity index (χ3v) is 2.38. The molecular formula is C12H13NO6. The number of phenolic OH excluding ortho intramolecular Hbond substituents is 1. The van der Waals surface area contributed by atoms with Crippen LogP contribution in [0.1, 0.15) is 22.3 Å². The molecule has 0 saturated heterocycles. The van der Waals surface area contributed by atoms with Gasteiger partial charge in [-0.25, -0.2) is 4.79 Å². The Hall–Kier alpha value is -2.57. The summed E-state index contributed by atoms with van der Waals surface area (Å²) in [4.78, 5) is 33.0. The molecule has 7 heteroatoms. The quantitative estimate of drug-likeness (QED) is 0.610. The van der Waals surface area contributed by atoms with Gasteiger partial charge in [0.05, 0.1) is 12.0 Å². The standard InChI is InChI=1S/C12H13NO6/c1-6-2-3-7(9(14)4-6)11(17)13-8(12(18)19)5-10(15)16/h2-4,8,14H,5H2,1H3,(H,13,17)(H,15,16)(H,18,19). The molecule has 19 heavy (non-hydrogen) atoms. The number of nitrogens with one attached hydrogen (secondary N) is 1. The topological polar surface area (TPSA) is 124 Å². The molecule has 0 saturated carbocycles. The van der Waals surface area contributed by atoms with Gasteiger partial charge < -0.3 is 20.6 Å². The van der Waals surface area contributed by atoms with E-state index < -0.39 is 30.3 Å². The van der Waals surface area contributed by atoms with Gasteiger partial charge in [-0.15, -0.1) is 0 Å². The average Bonchev–Trinajstić information content (AvgIpc) is 2.26. The molecule has 1 aromatic carbocycles. The molecule has 102 valence electrons. The second-order valence-electron chi connectivity index (χ2n) is 3.98. The van der Waals surface area contributed by atoms with Crippen molar-refractivity contribution in [2.45, 2.75) is 19.4 Å². The van der Waals surface area contributed by atoms with Gasteiger partial charge in [-0.3, -0.25) is 9.59 Å². The Morgan fingerprint density at radius 3 is 2.37 bits per heavy atom.